The van der Waals surface area contributed by atoms with Crippen LogP contribution in [0.15, 0.2) is 34.9 Å². The molecule has 10 heteroatoms. The van der Waals surface area contributed by atoms with Gasteiger partial charge in [-0.05, 0) is 43.9 Å². The van der Waals surface area contributed by atoms with Gasteiger partial charge in [0.1, 0.15) is 11.0 Å². The van der Waals surface area contributed by atoms with Gasteiger partial charge in [-0.15, -0.1) is 0 Å². The fraction of sp³-hybridized carbons (Fsp3) is 0.522. The number of hydrogen-bond donors (Lipinski definition) is 0. The lowest BCUT2D eigenvalue weighted by Crippen LogP contribution is -2.64. The summed E-state index contributed by atoms with van der Waals surface area (Å²) < 4.78 is 56.3. The van der Waals surface area contributed by atoms with E-state index in [0.29, 0.717) is 6.42 Å². The summed E-state index contributed by atoms with van der Waals surface area (Å²) in [6, 6.07) is 6.32. The molecule has 1 aliphatic carbocycles. The highest BCUT2D eigenvalue weighted by Gasteiger charge is 2.75. The summed E-state index contributed by atoms with van der Waals surface area (Å²) in [5.74, 6) is -7.05. The summed E-state index contributed by atoms with van der Waals surface area (Å²) in [6.45, 7) is 5.74. The fourth-order valence-electron chi connectivity index (χ4n) is 4.13. The van der Waals surface area contributed by atoms with Crippen molar-refractivity contribution in [3.63, 3.8) is 0 Å². The van der Waals surface area contributed by atoms with Crippen LogP contribution in [0.3, 0.4) is 0 Å². The molecule has 2 atom stereocenters. The molecule has 0 aliphatic heterocycles. The van der Waals surface area contributed by atoms with Crippen LogP contribution in [0.4, 0.5) is 13.2 Å². The van der Waals surface area contributed by atoms with Crippen molar-refractivity contribution in [2.45, 2.75) is 46.2 Å². The largest absolute Gasteiger partial charge is 0.465 e. The molecule has 1 aliphatic rings. The number of rotatable bonds is 8. The van der Waals surface area contributed by atoms with E-state index in [4.69, 9.17) is 25.8 Å². The molecule has 0 N–H and O–H groups in total. The highest BCUT2D eigenvalue weighted by molar-refractivity contribution is 6.31. The lowest BCUT2D eigenvalue weighted by atomic mass is 9.47. The van der Waals surface area contributed by atoms with Crippen molar-refractivity contribution in [1.29, 1.82) is 0 Å². The molecule has 2 rings (SSSR count). The van der Waals surface area contributed by atoms with Crippen molar-refractivity contribution in [2.24, 2.45) is 11.3 Å². The van der Waals surface area contributed by atoms with Crippen LogP contribution in [0.25, 0.3) is 0 Å². The second kappa shape index (κ2) is 10.6. The molecule has 0 spiro atoms. The highest BCUT2D eigenvalue weighted by atomic mass is 35.5. The van der Waals surface area contributed by atoms with Gasteiger partial charge in [0, 0.05) is 5.92 Å². The van der Waals surface area contributed by atoms with Crippen LogP contribution < -0.4 is 0 Å². The van der Waals surface area contributed by atoms with Crippen molar-refractivity contribution in [3.05, 3.63) is 46.0 Å². The summed E-state index contributed by atoms with van der Waals surface area (Å²) in [7, 11) is 0. The Morgan fingerprint density at radius 2 is 1.39 bits per heavy atom. The molecule has 0 heterocycles. The predicted molar refractivity (Wildman–Crippen MR) is 113 cm³/mol. The average molecular weight is 491 g/mol. The average Bonchev–Trinajstić information content (AvgIpc) is 2.73. The second-order valence-electron chi connectivity index (χ2n) is 7.29. The normalized spacial score (nSPS) is 21.0. The maximum atomic E-state index is 13.7. The number of allylic oxidation sites excluding steroid dienone is 1. The zero-order valence-electron chi connectivity index (χ0n) is 18.8. The molecule has 33 heavy (non-hydrogen) atoms. The minimum absolute atomic E-state index is 0.178. The number of halogens is 4. The Hall–Kier alpha value is -2.55. The van der Waals surface area contributed by atoms with Gasteiger partial charge < -0.3 is 14.2 Å². The van der Waals surface area contributed by atoms with Crippen molar-refractivity contribution in [3.8, 4) is 0 Å². The van der Waals surface area contributed by atoms with Crippen LogP contribution in [-0.2, 0) is 35.0 Å². The van der Waals surface area contributed by atoms with Gasteiger partial charge in [-0.2, -0.15) is 13.2 Å². The first-order valence-electron chi connectivity index (χ1n) is 10.6. The Labute approximate surface area is 195 Å². The molecule has 1 aromatic rings. The predicted octanol–water partition coefficient (Wildman–Crippen LogP) is 4.69. The molecule has 0 amide bonds. The number of hydrogen-bond acceptors (Lipinski definition) is 6. The molecular formula is C23H26ClF3O6. The Morgan fingerprint density at radius 1 is 0.909 bits per heavy atom. The first kappa shape index (κ1) is 26.7. The zero-order valence-corrected chi connectivity index (χ0v) is 19.5. The number of esters is 3. The van der Waals surface area contributed by atoms with E-state index in [0.717, 1.165) is 5.56 Å². The number of aryl methyl sites for hydroxylation is 1. The van der Waals surface area contributed by atoms with E-state index >= 15 is 0 Å². The zero-order chi connectivity index (χ0) is 25.0. The van der Waals surface area contributed by atoms with Gasteiger partial charge in [0.2, 0.25) is 0 Å². The molecule has 0 aromatic heterocycles. The lowest BCUT2D eigenvalue weighted by molar-refractivity contribution is -0.191. The Kier molecular flexibility index (Phi) is 8.57. The third-order valence-electron chi connectivity index (χ3n) is 5.51. The number of carbonyl (C=O) groups is 3. The van der Waals surface area contributed by atoms with Gasteiger partial charge in [-0.3, -0.25) is 14.4 Å². The van der Waals surface area contributed by atoms with E-state index in [9.17, 15) is 27.6 Å². The quantitative estimate of drug-likeness (QED) is 0.299. The molecule has 182 valence electrons. The third kappa shape index (κ3) is 4.74. The van der Waals surface area contributed by atoms with E-state index in [-0.39, 0.29) is 25.4 Å². The topological polar surface area (TPSA) is 78.9 Å². The molecule has 1 aromatic carbocycles. The second-order valence-corrected chi connectivity index (χ2v) is 7.67. The summed E-state index contributed by atoms with van der Waals surface area (Å²) in [4.78, 5) is 39.3. The van der Waals surface area contributed by atoms with Crippen LogP contribution in [0.1, 0.15) is 44.7 Å². The first-order valence-corrected chi connectivity index (χ1v) is 11.0. The molecule has 0 bridgehead atoms. The minimum atomic E-state index is -5.03. The number of benzene rings is 1. The van der Waals surface area contributed by atoms with Crippen LogP contribution >= 0.6 is 11.6 Å². The molecule has 0 saturated heterocycles. The molecule has 0 unspecified atom stereocenters. The molecule has 1 saturated carbocycles. The van der Waals surface area contributed by atoms with Crippen molar-refractivity contribution in [2.75, 3.05) is 19.8 Å². The monoisotopic (exact) mass is 490 g/mol. The van der Waals surface area contributed by atoms with Gasteiger partial charge in [0.05, 0.1) is 19.8 Å². The number of alkyl halides is 3. The standard InChI is InChI=1S/C23H26ClF3O6/c1-5-13-9-11-14(12-10-13)16-15(18(24)23(25,26)27)17(19(28)31-6-2)22(16,20(29)32-7-3)21(30)33-8-4/h9-12,16-17H,5-8H2,1-4H3/b18-15-/t16-,17+/m1/s1. The maximum absolute atomic E-state index is 13.7. The molecule has 6 nitrogen and oxygen atoms in total. The SMILES string of the molecule is CCOC(=O)[C@@H]1/C(=C(\Cl)C(F)(F)F)[C@@H](c2ccc(CC)cc2)C1(C(=O)OCC)C(=O)OCC. The third-order valence-corrected chi connectivity index (χ3v) is 5.94. The summed E-state index contributed by atoms with van der Waals surface area (Å²) in [5, 5.41) is -1.59. The van der Waals surface area contributed by atoms with Gasteiger partial charge in [0.15, 0.2) is 5.41 Å². The Bertz CT molecular complexity index is 905. The smallest absolute Gasteiger partial charge is 0.426 e. The highest BCUT2D eigenvalue weighted by Crippen LogP contribution is 2.65. The molecular weight excluding hydrogens is 465 g/mol. The summed E-state index contributed by atoms with van der Waals surface area (Å²) in [5.41, 5.74) is -1.99. The van der Waals surface area contributed by atoms with Gasteiger partial charge >= 0.3 is 24.1 Å². The van der Waals surface area contributed by atoms with Crippen LogP contribution in [0.5, 0.6) is 0 Å². The van der Waals surface area contributed by atoms with Crippen LogP contribution in [-0.4, -0.2) is 43.9 Å². The van der Waals surface area contributed by atoms with Gasteiger partial charge in [-0.1, -0.05) is 42.8 Å². The minimum Gasteiger partial charge on any atom is -0.465 e. The van der Waals surface area contributed by atoms with Crippen molar-refractivity contribution in [1.82, 2.24) is 0 Å². The summed E-state index contributed by atoms with van der Waals surface area (Å²) >= 11 is 5.73. The maximum Gasteiger partial charge on any atom is 0.426 e. The molecule has 0 radical (unpaired) electrons. The Balaban J connectivity index is 2.91. The van der Waals surface area contributed by atoms with E-state index in [2.05, 4.69) is 0 Å². The van der Waals surface area contributed by atoms with Crippen molar-refractivity contribution < 1.29 is 41.8 Å². The van der Waals surface area contributed by atoms with Gasteiger partial charge in [0.25, 0.3) is 0 Å². The van der Waals surface area contributed by atoms with E-state index < -0.39 is 51.9 Å². The Morgan fingerprint density at radius 3 is 1.79 bits per heavy atom. The number of carbonyl (C=O) groups excluding carboxylic acids is 3. The van der Waals surface area contributed by atoms with Gasteiger partial charge in [-0.25, -0.2) is 0 Å². The first-order chi connectivity index (χ1) is 15.5. The molecule has 1 fully saturated rings. The van der Waals surface area contributed by atoms with E-state index in [1.54, 1.807) is 12.1 Å². The lowest BCUT2D eigenvalue weighted by Gasteiger charge is -2.52. The van der Waals surface area contributed by atoms with Crippen LogP contribution in [0.2, 0.25) is 0 Å². The van der Waals surface area contributed by atoms with Crippen LogP contribution in [0, 0.1) is 11.3 Å². The van der Waals surface area contributed by atoms with E-state index in [1.165, 1.54) is 32.9 Å². The van der Waals surface area contributed by atoms with E-state index in [1.807, 2.05) is 6.92 Å². The summed E-state index contributed by atoms with van der Waals surface area (Å²) in [6.07, 6.45) is -4.37. The number of ether oxygens (including phenoxy) is 3. The van der Waals surface area contributed by atoms with Crippen molar-refractivity contribution >= 4 is 29.5 Å². The fourth-order valence-corrected chi connectivity index (χ4v) is 4.35.